The number of halogens is 9. The molecule has 0 amide bonds. The number of hydrogen-bond acceptors (Lipinski definition) is 0. The molecule has 0 aliphatic heterocycles. The van der Waals surface area contributed by atoms with Gasteiger partial charge in [0.15, 0.2) is 8.67 Å². The van der Waals surface area contributed by atoms with E-state index in [1.54, 1.807) is 0 Å². The first-order chi connectivity index (χ1) is 7.00. The van der Waals surface area contributed by atoms with Crippen LogP contribution in [0.2, 0.25) is 0 Å². The van der Waals surface area contributed by atoms with Crippen molar-refractivity contribution in [2.45, 2.75) is 31.2 Å². The van der Waals surface area contributed by atoms with Crippen molar-refractivity contribution in [1.29, 1.82) is 0 Å². The molecule has 0 aromatic heterocycles. The maximum atomic E-state index is 5.89. The predicted molar refractivity (Wildman–Crippen MR) is 78.8 cm³/mol. The quantitative estimate of drug-likeness (QED) is 0.410. The lowest BCUT2D eigenvalue weighted by Gasteiger charge is -2.44. The van der Waals surface area contributed by atoms with Gasteiger partial charge < -0.3 is 0 Å². The summed E-state index contributed by atoms with van der Waals surface area (Å²) in [6.45, 7) is 0. The fraction of sp³-hybridized carbons (Fsp3) is 1.00. The molecule has 0 saturated heterocycles. The minimum Gasteiger partial charge on any atom is -0.120 e. The van der Waals surface area contributed by atoms with E-state index in [1.165, 1.54) is 0 Å². The van der Waals surface area contributed by atoms with Gasteiger partial charge in [0.05, 0.1) is 10.7 Å². The molecule has 1 fully saturated rings. The van der Waals surface area contributed by atoms with Gasteiger partial charge >= 0.3 is 0 Å². The second kappa shape index (κ2) is 6.86. The van der Waals surface area contributed by atoms with Crippen LogP contribution in [0.5, 0.6) is 0 Å². The Morgan fingerprint density at radius 3 is 1.56 bits per heavy atom. The van der Waals surface area contributed by atoms with Crippen LogP contribution in [0.1, 0.15) is 12.8 Å². The summed E-state index contributed by atoms with van der Waals surface area (Å²) in [7, 11) is 0. The Labute approximate surface area is 140 Å². The molecule has 16 heavy (non-hydrogen) atoms. The van der Waals surface area contributed by atoms with E-state index in [4.69, 9.17) is 104 Å². The highest BCUT2D eigenvalue weighted by Gasteiger charge is 2.59. The molecule has 9 heteroatoms. The molecule has 0 aromatic carbocycles. The molecule has 1 aliphatic rings. The van der Waals surface area contributed by atoms with Crippen LogP contribution in [0.3, 0.4) is 0 Å². The van der Waals surface area contributed by atoms with Crippen molar-refractivity contribution in [1.82, 2.24) is 0 Å². The van der Waals surface area contributed by atoms with Crippen LogP contribution < -0.4 is 0 Å². The first kappa shape index (κ1) is 18.6. The van der Waals surface area contributed by atoms with Gasteiger partial charge in [0.1, 0.15) is 4.33 Å². The molecule has 1 saturated carbocycles. The van der Waals surface area contributed by atoms with Gasteiger partial charge in [0, 0.05) is 12.8 Å². The summed E-state index contributed by atoms with van der Waals surface area (Å²) in [5.74, 6) is 0. The van der Waals surface area contributed by atoms with Crippen LogP contribution in [0, 0.1) is 0 Å². The summed E-state index contributed by atoms with van der Waals surface area (Å²) in [4.78, 5) is 0. The average molecular weight is 410 g/mol. The molecule has 1 rings (SSSR count). The molecular formula is C7H7Cl9. The molecule has 1 aliphatic carbocycles. The summed E-state index contributed by atoms with van der Waals surface area (Å²) in [5, 5.41) is -0.378. The lowest BCUT2D eigenvalue weighted by atomic mass is 9.97. The van der Waals surface area contributed by atoms with Gasteiger partial charge in [-0.1, -0.05) is 69.6 Å². The van der Waals surface area contributed by atoms with Crippen molar-refractivity contribution in [3.8, 4) is 0 Å². The first-order valence-electron chi connectivity index (χ1n) is 3.89. The van der Waals surface area contributed by atoms with E-state index in [9.17, 15) is 0 Å². The van der Waals surface area contributed by atoms with Crippen LogP contribution in [0.4, 0.5) is 0 Å². The maximum absolute atomic E-state index is 5.89. The van der Waals surface area contributed by atoms with Crippen molar-refractivity contribution in [2.24, 2.45) is 0 Å². The van der Waals surface area contributed by atoms with Crippen LogP contribution in [0.15, 0.2) is 0 Å². The largest absolute Gasteiger partial charge is 0.153 e. The second-order valence-electron chi connectivity index (χ2n) is 3.12. The van der Waals surface area contributed by atoms with E-state index in [2.05, 4.69) is 0 Å². The minimum atomic E-state index is -1.38. The molecule has 0 radical (unpaired) electrons. The monoisotopic (exact) mass is 406 g/mol. The summed E-state index contributed by atoms with van der Waals surface area (Å²) in [6.07, 6.45) is 0.158. The third kappa shape index (κ3) is 4.94. The fourth-order valence-electron chi connectivity index (χ4n) is 1.06. The SMILES string of the molecule is ClC1CC(Cl)(Cl)C(Cl)(Cl)CC1(Cl)Cl.ClCCl. The van der Waals surface area contributed by atoms with Crippen LogP contribution in [0.25, 0.3) is 0 Å². The van der Waals surface area contributed by atoms with E-state index in [0.717, 1.165) is 0 Å². The Hall–Kier alpha value is 2.61. The topological polar surface area (TPSA) is 0 Å². The van der Waals surface area contributed by atoms with Crippen molar-refractivity contribution in [2.75, 3.05) is 5.34 Å². The first-order valence-corrected chi connectivity index (χ1v) is 7.67. The zero-order chi connectivity index (χ0) is 13.2. The van der Waals surface area contributed by atoms with Crippen LogP contribution in [-0.4, -0.2) is 23.7 Å². The Balaban J connectivity index is 0.000000673. The molecule has 0 aromatic rings. The van der Waals surface area contributed by atoms with E-state index in [0.29, 0.717) is 0 Å². The molecular weight excluding hydrogens is 403 g/mol. The van der Waals surface area contributed by atoms with Gasteiger partial charge in [-0.2, -0.15) is 0 Å². The van der Waals surface area contributed by atoms with E-state index in [-0.39, 0.29) is 18.2 Å². The standard InChI is InChI=1S/C6H5Cl7.CH2Cl2/c7-3-1-5(10,11)6(12,13)2-4(3,8)9;2-1-3/h3H,1-2H2;1H2. The molecule has 1 atom stereocenters. The molecule has 0 heterocycles. The van der Waals surface area contributed by atoms with Gasteiger partial charge in [-0.3, -0.25) is 0 Å². The van der Waals surface area contributed by atoms with Crippen molar-refractivity contribution in [3.05, 3.63) is 0 Å². The molecule has 0 bridgehead atoms. The summed E-state index contributed by atoms with van der Waals surface area (Å²) in [5.41, 5.74) is 0. The Morgan fingerprint density at radius 1 is 0.875 bits per heavy atom. The average Bonchev–Trinajstić information content (AvgIpc) is 2.00. The highest BCUT2D eigenvalue weighted by molar-refractivity contribution is 6.64. The van der Waals surface area contributed by atoms with Crippen molar-refractivity contribution in [3.63, 3.8) is 0 Å². The molecule has 1 unspecified atom stereocenters. The fourth-order valence-corrected chi connectivity index (χ4v) is 3.37. The minimum absolute atomic E-state index is 0.0212. The van der Waals surface area contributed by atoms with Gasteiger partial charge in [-0.05, 0) is 0 Å². The lowest BCUT2D eigenvalue weighted by molar-refractivity contribution is 0.438. The van der Waals surface area contributed by atoms with E-state index >= 15 is 0 Å². The van der Waals surface area contributed by atoms with E-state index in [1.807, 2.05) is 0 Å². The number of alkyl halides is 9. The number of hydrogen-bond donors (Lipinski definition) is 0. The Bertz CT molecular complexity index is 224. The Kier molecular flexibility index (Phi) is 7.98. The van der Waals surface area contributed by atoms with Crippen LogP contribution in [-0.2, 0) is 0 Å². The molecule has 98 valence electrons. The predicted octanol–water partition coefficient (Wildman–Crippen LogP) is 6.33. The van der Waals surface area contributed by atoms with Gasteiger partial charge in [-0.25, -0.2) is 0 Å². The zero-order valence-corrected chi connectivity index (χ0v) is 14.4. The van der Waals surface area contributed by atoms with Crippen molar-refractivity contribution >= 4 is 104 Å². The normalized spacial score (nSPS) is 30.2. The second-order valence-corrected chi connectivity index (χ2v) is 8.96. The summed E-state index contributed by atoms with van der Waals surface area (Å²) >= 11 is 50.7. The van der Waals surface area contributed by atoms with Crippen molar-refractivity contribution < 1.29 is 0 Å². The number of rotatable bonds is 0. The molecule has 0 nitrogen and oxygen atoms in total. The molecule has 0 spiro atoms. The van der Waals surface area contributed by atoms with Gasteiger partial charge in [0.25, 0.3) is 0 Å². The third-order valence-electron chi connectivity index (χ3n) is 1.89. The smallest absolute Gasteiger partial charge is 0.120 e. The van der Waals surface area contributed by atoms with Gasteiger partial charge in [-0.15, -0.1) is 34.8 Å². The molecule has 0 N–H and O–H groups in total. The Morgan fingerprint density at radius 2 is 1.25 bits per heavy atom. The highest BCUT2D eigenvalue weighted by Crippen LogP contribution is 2.58. The highest BCUT2D eigenvalue weighted by atomic mass is 35.5. The lowest BCUT2D eigenvalue weighted by Crippen LogP contribution is -2.51. The van der Waals surface area contributed by atoms with Gasteiger partial charge in [0.2, 0.25) is 0 Å². The third-order valence-corrected chi connectivity index (χ3v) is 5.68. The maximum Gasteiger partial charge on any atom is 0.153 e. The summed E-state index contributed by atoms with van der Waals surface area (Å²) < 4.78 is -3.90. The van der Waals surface area contributed by atoms with E-state index < -0.39 is 18.4 Å². The summed E-state index contributed by atoms with van der Waals surface area (Å²) in [6, 6.07) is 0. The zero-order valence-electron chi connectivity index (χ0n) is 7.60. The van der Waals surface area contributed by atoms with Crippen LogP contribution >= 0.6 is 104 Å².